The van der Waals surface area contributed by atoms with Gasteiger partial charge in [-0.3, -0.25) is 4.79 Å². The van der Waals surface area contributed by atoms with Crippen LogP contribution in [-0.4, -0.2) is 12.5 Å². The number of nitrogens with two attached hydrogens (primary N) is 1. The van der Waals surface area contributed by atoms with E-state index >= 15 is 0 Å². The highest BCUT2D eigenvalue weighted by atomic mass is 19.3. The Kier molecular flexibility index (Phi) is 6.12. The van der Waals surface area contributed by atoms with Crippen molar-refractivity contribution >= 4 is 11.6 Å². The SMILES string of the molecule is Cc1ccc(OC(F)F)c(CNC(=O)CCc2ccccc2N)c1. The van der Waals surface area contributed by atoms with Gasteiger partial charge in [-0.25, -0.2) is 0 Å². The maximum Gasteiger partial charge on any atom is 0.387 e. The fraction of sp³-hybridized carbons (Fsp3) is 0.278. The number of alkyl halides is 2. The van der Waals surface area contributed by atoms with Gasteiger partial charge < -0.3 is 15.8 Å². The minimum absolute atomic E-state index is 0.0724. The van der Waals surface area contributed by atoms with E-state index in [4.69, 9.17) is 5.73 Å². The first-order chi connectivity index (χ1) is 11.5. The fourth-order valence-corrected chi connectivity index (χ4v) is 2.35. The molecule has 1 amide bonds. The Labute approximate surface area is 139 Å². The average Bonchev–Trinajstić information content (AvgIpc) is 2.54. The third kappa shape index (κ3) is 5.22. The van der Waals surface area contributed by atoms with Crippen LogP contribution in [0, 0.1) is 6.92 Å². The van der Waals surface area contributed by atoms with Gasteiger partial charge in [-0.05, 0) is 31.0 Å². The molecule has 0 saturated carbocycles. The quantitative estimate of drug-likeness (QED) is 0.763. The summed E-state index contributed by atoms with van der Waals surface area (Å²) in [6.45, 7) is -0.925. The zero-order valence-corrected chi connectivity index (χ0v) is 13.4. The summed E-state index contributed by atoms with van der Waals surface area (Å²) in [6.07, 6.45) is 0.789. The molecule has 0 atom stereocenters. The van der Waals surface area contributed by atoms with Crippen LogP contribution in [0.3, 0.4) is 0 Å². The van der Waals surface area contributed by atoms with Crippen LogP contribution in [0.5, 0.6) is 5.75 Å². The lowest BCUT2D eigenvalue weighted by Crippen LogP contribution is -2.23. The molecule has 0 radical (unpaired) electrons. The van der Waals surface area contributed by atoms with Gasteiger partial charge in [0.25, 0.3) is 0 Å². The van der Waals surface area contributed by atoms with Crippen molar-refractivity contribution in [2.75, 3.05) is 5.73 Å². The van der Waals surface area contributed by atoms with Crippen LogP contribution in [0.25, 0.3) is 0 Å². The van der Waals surface area contributed by atoms with Crippen LogP contribution in [0.15, 0.2) is 42.5 Å². The third-order valence-corrected chi connectivity index (χ3v) is 3.58. The van der Waals surface area contributed by atoms with Gasteiger partial charge in [0.05, 0.1) is 0 Å². The molecule has 0 heterocycles. The number of carbonyl (C=O) groups excluding carboxylic acids is 1. The van der Waals surface area contributed by atoms with E-state index in [2.05, 4.69) is 10.1 Å². The summed E-state index contributed by atoms with van der Waals surface area (Å²) in [5.74, 6) is -0.106. The van der Waals surface area contributed by atoms with Crippen molar-refractivity contribution in [2.45, 2.75) is 32.9 Å². The van der Waals surface area contributed by atoms with E-state index in [9.17, 15) is 13.6 Å². The van der Waals surface area contributed by atoms with Crippen LogP contribution < -0.4 is 15.8 Å². The van der Waals surface area contributed by atoms with Crippen molar-refractivity contribution in [2.24, 2.45) is 0 Å². The number of carbonyl (C=O) groups is 1. The smallest absolute Gasteiger partial charge is 0.387 e. The number of nitrogens with one attached hydrogen (secondary N) is 1. The predicted molar refractivity (Wildman–Crippen MR) is 88.8 cm³/mol. The third-order valence-electron chi connectivity index (χ3n) is 3.58. The van der Waals surface area contributed by atoms with Gasteiger partial charge >= 0.3 is 6.61 Å². The molecule has 0 aliphatic carbocycles. The van der Waals surface area contributed by atoms with Gasteiger partial charge in [-0.15, -0.1) is 0 Å². The molecule has 128 valence electrons. The Balaban J connectivity index is 1.92. The van der Waals surface area contributed by atoms with Gasteiger partial charge in [0.2, 0.25) is 5.91 Å². The summed E-state index contributed by atoms with van der Waals surface area (Å²) in [5, 5.41) is 2.72. The van der Waals surface area contributed by atoms with Gasteiger partial charge in [0.1, 0.15) is 5.75 Å². The number of para-hydroxylation sites is 1. The molecule has 0 unspecified atom stereocenters. The van der Waals surface area contributed by atoms with Gasteiger partial charge in [0, 0.05) is 24.2 Å². The van der Waals surface area contributed by atoms with Gasteiger partial charge in [-0.1, -0.05) is 35.9 Å². The second-order valence-corrected chi connectivity index (χ2v) is 5.47. The molecular weight excluding hydrogens is 314 g/mol. The number of halogens is 2. The second-order valence-electron chi connectivity index (χ2n) is 5.47. The lowest BCUT2D eigenvalue weighted by Gasteiger charge is -2.12. The second kappa shape index (κ2) is 8.29. The number of rotatable bonds is 7. The summed E-state index contributed by atoms with van der Waals surface area (Å²) in [5.41, 5.74) is 8.81. The normalized spacial score (nSPS) is 10.7. The Hall–Kier alpha value is -2.63. The molecule has 0 fully saturated rings. The average molecular weight is 334 g/mol. The first-order valence-corrected chi connectivity index (χ1v) is 7.60. The molecule has 0 bridgehead atoms. The van der Waals surface area contributed by atoms with Crippen molar-refractivity contribution in [1.82, 2.24) is 5.32 Å². The molecule has 2 aromatic carbocycles. The van der Waals surface area contributed by atoms with E-state index < -0.39 is 6.61 Å². The Morgan fingerprint density at radius 1 is 1.21 bits per heavy atom. The fourth-order valence-electron chi connectivity index (χ4n) is 2.35. The lowest BCUT2D eigenvalue weighted by atomic mass is 10.1. The topological polar surface area (TPSA) is 64.3 Å². The molecule has 0 aliphatic rings. The summed E-state index contributed by atoms with van der Waals surface area (Å²) in [4.78, 5) is 12.0. The minimum Gasteiger partial charge on any atom is -0.434 e. The molecule has 4 nitrogen and oxygen atoms in total. The van der Waals surface area contributed by atoms with E-state index in [0.29, 0.717) is 17.7 Å². The van der Waals surface area contributed by atoms with E-state index in [1.54, 1.807) is 18.2 Å². The molecule has 3 N–H and O–H groups in total. The molecular formula is C18H20F2N2O2. The number of hydrogen-bond donors (Lipinski definition) is 2. The van der Waals surface area contributed by atoms with Crippen molar-refractivity contribution < 1.29 is 18.3 Å². The summed E-state index contributed by atoms with van der Waals surface area (Å²) in [6, 6.07) is 12.2. The zero-order valence-electron chi connectivity index (χ0n) is 13.4. The van der Waals surface area contributed by atoms with Crippen molar-refractivity contribution in [1.29, 1.82) is 0 Å². The molecule has 24 heavy (non-hydrogen) atoms. The van der Waals surface area contributed by atoms with Crippen molar-refractivity contribution in [3.8, 4) is 5.75 Å². The van der Waals surface area contributed by atoms with Crippen molar-refractivity contribution in [3.63, 3.8) is 0 Å². The maximum absolute atomic E-state index is 12.4. The first kappa shape index (κ1) is 17.7. The number of aryl methyl sites for hydroxylation is 2. The lowest BCUT2D eigenvalue weighted by molar-refractivity contribution is -0.121. The number of hydrogen-bond acceptors (Lipinski definition) is 3. The Morgan fingerprint density at radius 3 is 2.67 bits per heavy atom. The molecule has 0 aromatic heterocycles. The van der Waals surface area contributed by atoms with Gasteiger partial charge in [0.15, 0.2) is 0 Å². The monoisotopic (exact) mass is 334 g/mol. The van der Waals surface area contributed by atoms with Crippen LogP contribution in [0.2, 0.25) is 0 Å². The molecule has 2 aromatic rings. The molecule has 6 heteroatoms. The highest BCUT2D eigenvalue weighted by Crippen LogP contribution is 2.22. The Bertz CT molecular complexity index is 705. The highest BCUT2D eigenvalue weighted by molar-refractivity contribution is 5.76. The van der Waals surface area contributed by atoms with E-state index in [1.807, 2.05) is 25.1 Å². The summed E-state index contributed by atoms with van der Waals surface area (Å²) < 4.78 is 29.3. The minimum atomic E-state index is -2.90. The van der Waals surface area contributed by atoms with E-state index in [0.717, 1.165) is 11.1 Å². The Morgan fingerprint density at radius 2 is 1.96 bits per heavy atom. The molecule has 0 spiro atoms. The predicted octanol–water partition coefficient (Wildman–Crippen LogP) is 3.43. The van der Waals surface area contributed by atoms with Crippen LogP contribution >= 0.6 is 0 Å². The first-order valence-electron chi connectivity index (χ1n) is 7.60. The number of ether oxygens (including phenoxy) is 1. The molecule has 0 aliphatic heterocycles. The molecule has 2 rings (SSSR count). The van der Waals surface area contributed by atoms with Crippen LogP contribution in [0.1, 0.15) is 23.1 Å². The van der Waals surface area contributed by atoms with Gasteiger partial charge in [-0.2, -0.15) is 8.78 Å². The number of benzene rings is 2. The number of amides is 1. The van der Waals surface area contributed by atoms with E-state index in [-0.39, 0.29) is 24.6 Å². The molecule has 0 saturated heterocycles. The van der Waals surface area contributed by atoms with E-state index in [1.165, 1.54) is 6.07 Å². The van der Waals surface area contributed by atoms with Crippen LogP contribution in [0.4, 0.5) is 14.5 Å². The maximum atomic E-state index is 12.4. The largest absolute Gasteiger partial charge is 0.434 e. The standard InChI is InChI=1S/C18H20F2N2O2/c1-12-6-8-16(24-18(19)20)14(10-12)11-22-17(23)9-7-13-4-2-3-5-15(13)21/h2-6,8,10,18H,7,9,11,21H2,1H3,(H,22,23). The van der Waals surface area contributed by atoms with Crippen LogP contribution in [-0.2, 0) is 17.8 Å². The number of anilines is 1. The zero-order chi connectivity index (χ0) is 17.5. The highest BCUT2D eigenvalue weighted by Gasteiger charge is 2.11. The van der Waals surface area contributed by atoms with Crippen molar-refractivity contribution in [3.05, 3.63) is 59.2 Å². The number of nitrogen functional groups attached to an aromatic ring is 1. The summed E-state index contributed by atoms with van der Waals surface area (Å²) in [7, 11) is 0. The summed E-state index contributed by atoms with van der Waals surface area (Å²) >= 11 is 0.